The Morgan fingerprint density at radius 1 is 1.21 bits per heavy atom. The first-order chi connectivity index (χ1) is 11.7. The van der Waals surface area contributed by atoms with Gasteiger partial charge in [0.1, 0.15) is 0 Å². The van der Waals surface area contributed by atoms with E-state index >= 15 is 0 Å². The van der Waals surface area contributed by atoms with Gasteiger partial charge in [-0.2, -0.15) is 0 Å². The predicted molar refractivity (Wildman–Crippen MR) is 94.9 cm³/mol. The SMILES string of the molecule is COCCNc1nnc(SCC(=O)c2ccc(OC)c(OC)c2)s1. The van der Waals surface area contributed by atoms with E-state index in [9.17, 15) is 4.79 Å². The number of rotatable bonds is 10. The van der Waals surface area contributed by atoms with Crippen LogP contribution in [0.2, 0.25) is 0 Å². The average Bonchev–Trinajstić information content (AvgIpc) is 3.07. The molecule has 0 fully saturated rings. The lowest BCUT2D eigenvalue weighted by Gasteiger charge is -2.08. The van der Waals surface area contributed by atoms with E-state index in [4.69, 9.17) is 14.2 Å². The number of methoxy groups -OCH3 is 3. The Labute approximate surface area is 148 Å². The highest BCUT2D eigenvalue weighted by molar-refractivity contribution is 8.01. The number of hydrogen-bond acceptors (Lipinski definition) is 9. The number of nitrogens with one attached hydrogen (secondary N) is 1. The van der Waals surface area contributed by atoms with Crippen molar-refractivity contribution in [2.75, 3.05) is 45.6 Å². The van der Waals surface area contributed by atoms with Gasteiger partial charge in [-0.25, -0.2) is 0 Å². The Hall–Kier alpha value is -1.84. The van der Waals surface area contributed by atoms with E-state index in [0.29, 0.717) is 35.3 Å². The summed E-state index contributed by atoms with van der Waals surface area (Å²) in [6.07, 6.45) is 0. The molecule has 0 spiro atoms. The van der Waals surface area contributed by atoms with Crippen molar-refractivity contribution in [3.63, 3.8) is 0 Å². The largest absolute Gasteiger partial charge is 0.493 e. The van der Waals surface area contributed by atoms with Crippen molar-refractivity contribution in [1.29, 1.82) is 0 Å². The molecule has 2 aromatic rings. The van der Waals surface area contributed by atoms with Crippen LogP contribution >= 0.6 is 23.1 Å². The molecule has 0 saturated heterocycles. The maximum absolute atomic E-state index is 12.3. The van der Waals surface area contributed by atoms with E-state index in [1.165, 1.54) is 23.1 Å². The van der Waals surface area contributed by atoms with E-state index in [1.54, 1.807) is 39.5 Å². The summed E-state index contributed by atoms with van der Waals surface area (Å²) in [7, 11) is 4.74. The molecule has 1 N–H and O–H groups in total. The van der Waals surface area contributed by atoms with Gasteiger partial charge in [0.25, 0.3) is 0 Å². The van der Waals surface area contributed by atoms with Gasteiger partial charge >= 0.3 is 0 Å². The number of thioether (sulfide) groups is 1. The van der Waals surface area contributed by atoms with E-state index < -0.39 is 0 Å². The van der Waals surface area contributed by atoms with E-state index in [0.717, 1.165) is 4.34 Å². The minimum absolute atomic E-state index is 0.00922. The molecule has 0 bridgehead atoms. The van der Waals surface area contributed by atoms with Crippen molar-refractivity contribution < 1.29 is 19.0 Å². The summed E-state index contributed by atoms with van der Waals surface area (Å²) in [6.45, 7) is 1.26. The molecule has 1 aromatic carbocycles. The second kappa shape index (κ2) is 9.45. The van der Waals surface area contributed by atoms with E-state index in [2.05, 4.69) is 15.5 Å². The van der Waals surface area contributed by atoms with Gasteiger partial charge in [0.2, 0.25) is 5.13 Å². The molecule has 0 aliphatic heterocycles. The molecule has 9 heteroatoms. The number of Topliss-reactive ketones (excluding diaryl/α,β-unsaturated/α-hetero) is 1. The van der Waals surface area contributed by atoms with Crippen LogP contribution in [-0.4, -0.2) is 56.2 Å². The quantitative estimate of drug-likeness (QED) is 0.389. The van der Waals surface area contributed by atoms with E-state index in [-0.39, 0.29) is 11.5 Å². The zero-order valence-electron chi connectivity index (χ0n) is 13.7. The monoisotopic (exact) mass is 369 g/mol. The summed E-state index contributed by atoms with van der Waals surface area (Å²) in [5.41, 5.74) is 0.572. The molecular formula is C15H19N3O4S2. The molecule has 24 heavy (non-hydrogen) atoms. The highest BCUT2D eigenvalue weighted by atomic mass is 32.2. The first-order valence-corrected chi connectivity index (χ1v) is 8.92. The third-order valence-corrected chi connectivity index (χ3v) is 5.04. The molecule has 0 amide bonds. The summed E-state index contributed by atoms with van der Waals surface area (Å²) in [4.78, 5) is 12.3. The summed E-state index contributed by atoms with van der Waals surface area (Å²) in [6, 6.07) is 5.13. The summed E-state index contributed by atoms with van der Waals surface area (Å²) < 4.78 is 16.1. The molecule has 0 aliphatic rings. The van der Waals surface area contributed by atoms with Crippen LogP contribution in [0.3, 0.4) is 0 Å². The topological polar surface area (TPSA) is 82.6 Å². The average molecular weight is 369 g/mol. The van der Waals surface area contributed by atoms with Crippen LogP contribution < -0.4 is 14.8 Å². The van der Waals surface area contributed by atoms with Gasteiger partial charge in [-0.1, -0.05) is 23.1 Å². The van der Waals surface area contributed by atoms with Crippen LogP contribution in [-0.2, 0) is 4.74 Å². The Bertz CT molecular complexity index is 678. The number of nitrogens with zero attached hydrogens (tertiary/aromatic N) is 2. The number of aromatic nitrogens is 2. The molecule has 1 aromatic heterocycles. The fraction of sp³-hybridized carbons (Fsp3) is 0.400. The second-order valence-electron chi connectivity index (χ2n) is 4.57. The lowest BCUT2D eigenvalue weighted by Crippen LogP contribution is -2.06. The minimum atomic E-state index is -0.00922. The van der Waals surface area contributed by atoms with Crippen molar-refractivity contribution in [3.05, 3.63) is 23.8 Å². The molecule has 0 saturated carbocycles. The smallest absolute Gasteiger partial charge is 0.206 e. The third-order valence-electron chi connectivity index (χ3n) is 3.02. The third kappa shape index (κ3) is 5.08. The molecular weight excluding hydrogens is 350 g/mol. The Balaban J connectivity index is 1.91. The Kier molecular flexibility index (Phi) is 7.29. The summed E-state index contributed by atoms with van der Waals surface area (Å²) >= 11 is 2.77. The number of carbonyl (C=O) groups is 1. The van der Waals surface area contributed by atoms with Crippen LogP contribution in [0.4, 0.5) is 5.13 Å². The first kappa shape index (κ1) is 18.5. The van der Waals surface area contributed by atoms with Crippen molar-refractivity contribution >= 4 is 34.0 Å². The van der Waals surface area contributed by atoms with Crippen LogP contribution in [0, 0.1) is 0 Å². The molecule has 2 rings (SSSR count). The zero-order valence-corrected chi connectivity index (χ0v) is 15.3. The minimum Gasteiger partial charge on any atom is -0.493 e. The predicted octanol–water partition coefficient (Wildman–Crippen LogP) is 2.59. The number of hydrogen-bond donors (Lipinski definition) is 1. The lowest BCUT2D eigenvalue weighted by atomic mass is 10.1. The number of anilines is 1. The summed E-state index contributed by atoms with van der Waals surface area (Å²) in [5, 5.41) is 11.9. The van der Waals surface area contributed by atoms with Crippen molar-refractivity contribution in [2.45, 2.75) is 4.34 Å². The van der Waals surface area contributed by atoms with Crippen molar-refractivity contribution in [2.24, 2.45) is 0 Å². The van der Waals surface area contributed by atoms with Gasteiger partial charge in [0.15, 0.2) is 21.6 Å². The van der Waals surface area contributed by atoms with Gasteiger partial charge in [-0.05, 0) is 18.2 Å². The van der Waals surface area contributed by atoms with Crippen LogP contribution in [0.1, 0.15) is 10.4 Å². The van der Waals surface area contributed by atoms with Crippen molar-refractivity contribution in [1.82, 2.24) is 10.2 Å². The van der Waals surface area contributed by atoms with Gasteiger partial charge in [-0.15, -0.1) is 10.2 Å². The van der Waals surface area contributed by atoms with Crippen LogP contribution in [0.5, 0.6) is 11.5 Å². The number of benzene rings is 1. The fourth-order valence-electron chi connectivity index (χ4n) is 1.82. The maximum atomic E-state index is 12.3. The van der Waals surface area contributed by atoms with Gasteiger partial charge in [0, 0.05) is 19.2 Å². The van der Waals surface area contributed by atoms with Crippen LogP contribution in [0.15, 0.2) is 22.5 Å². The van der Waals surface area contributed by atoms with Gasteiger partial charge in [-0.3, -0.25) is 4.79 Å². The van der Waals surface area contributed by atoms with Gasteiger partial charge in [0.05, 0.1) is 26.6 Å². The van der Waals surface area contributed by atoms with E-state index in [1.807, 2.05) is 0 Å². The number of ether oxygens (including phenoxy) is 3. The molecule has 0 aliphatic carbocycles. The van der Waals surface area contributed by atoms with Gasteiger partial charge < -0.3 is 19.5 Å². The highest BCUT2D eigenvalue weighted by Crippen LogP contribution is 2.29. The maximum Gasteiger partial charge on any atom is 0.206 e. The lowest BCUT2D eigenvalue weighted by molar-refractivity contribution is 0.102. The number of ketones is 1. The Morgan fingerprint density at radius 3 is 2.71 bits per heavy atom. The van der Waals surface area contributed by atoms with Crippen molar-refractivity contribution in [3.8, 4) is 11.5 Å². The molecule has 1 heterocycles. The second-order valence-corrected chi connectivity index (χ2v) is 6.77. The number of carbonyl (C=O) groups excluding carboxylic acids is 1. The summed E-state index contributed by atoms with van der Waals surface area (Å²) in [5.74, 6) is 1.40. The molecule has 0 unspecified atom stereocenters. The highest BCUT2D eigenvalue weighted by Gasteiger charge is 2.13. The normalized spacial score (nSPS) is 10.5. The molecule has 0 atom stereocenters. The fourth-order valence-corrected chi connectivity index (χ4v) is 3.49. The molecule has 130 valence electrons. The molecule has 0 radical (unpaired) electrons. The first-order valence-electron chi connectivity index (χ1n) is 7.12. The molecule has 7 nitrogen and oxygen atoms in total. The Morgan fingerprint density at radius 2 is 2.00 bits per heavy atom. The van der Waals surface area contributed by atoms with Crippen LogP contribution in [0.25, 0.3) is 0 Å². The standard InChI is InChI=1S/C15H19N3O4S2/c1-20-7-6-16-14-17-18-15(24-14)23-9-11(19)10-4-5-12(21-2)13(8-10)22-3/h4-5,8H,6-7,9H2,1-3H3,(H,16,17). The zero-order chi connectivity index (χ0) is 17.4.